The molecule has 1 saturated carbocycles. The number of likely N-dealkylation sites (N-methyl/N-ethyl adjacent to an activating group) is 1. The number of methoxy groups -OCH3 is 1. The highest BCUT2D eigenvalue weighted by Crippen LogP contribution is 2.50. The van der Waals surface area contributed by atoms with Crippen LogP contribution in [0.5, 0.6) is 0 Å². The Labute approximate surface area is 124 Å². The smallest absolute Gasteiger partial charge is 0.226 e. The largest absolute Gasteiger partial charge is 0.389 e. The molecule has 3 atom stereocenters. The van der Waals surface area contributed by atoms with Crippen molar-refractivity contribution in [3.05, 3.63) is 34.9 Å². The van der Waals surface area contributed by atoms with Crippen molar-refractivity contribution in [1.82, 2.24) is 4.90 Å². The molecule has 20 heavy (non-hydrogen) atoms. The van der Waals surface area contributed by atoms with E-state index in [-0.39, 0.29) is 24.3 Å². The third-order valence-electron chi connectivity index (χ3n) is 3.63. The van der Waals surface area contributed by atoms with Crippen LogP contribution in [0.25, 0.3) is 0 Å². The SMILES string of the molecule is COCC(O)CN(C)C(=O)C1CC1c1ccccc1Cl. The highest BCUT2D eigenvalue weighted by molar-refractivity contribution is 6.31. The summed E-state index contributed by atoms with van der Waals surface area (Å²) in [6.45, 7) is 0.522. The normalized spacial score (nSPS) is 22.4. The Morgan fingerprint density at radius 1 is 1.55 bits per heavy atom. The van der Waals surface area contributed by atoms with Crippen LogP contribution in [-0.4, -0.2) is 49.3 Å². The lowest BCUT2D eigenvalue weighted by molar-refractivity contribution is -0.133. The number of aliphatic hydroxyl groups is 1. The molecule has 0 spiro atoms. The molecular formula is C15H20ClNO3. The van der Waals surface area contributed by atoms with Gasteiger partial charge < -0.3 is 14.7 Å². The fourth-order valence-electron chi connectivity index (χ4n) is 2.52. The van der Waals surface area contributed by atoms with Gasteiger partial charge >= 0.3 is 0 Å². The minimum absolute atomic E-state index is 0.0188. The maximum atomic E-state index is 12.3. The third kappa shape index (κ3) is 3.51. The second-order valence-electron chi connectivity index (χ2n) is 5.30. The summed E-state index contributed by atoms with van der Waals surface area (Å²) in [5.41, 5.74) is 1.04. The number of carbonyl (C=O) groups excluding carboxylic acids is 1. The van der Waals surface area contributed by atoms with Crippen molar-refractivity contribution in [2.45, 2.75) is 18.4 Å². The summed E-state index contributed by atoms with van der Waals surface area (Å²) in [7, 11) is 3.24. The third-order valence-corrected chi connectivity index (χ3v) is 3.98. The van der Waals surface area contributed by atoms with Crippen molar-refractivity contribution < 1.29 is 14.6 Å². The second-order valence-corrected chi connectivity index (χ2v) is 5.71. The predicted octanol–water partition coefficient (Wildman–Crippen LogP) is 1.91. The lowest BCUT2D eigenvalue weighted by atomic mass is 10.1. The van der Waals surface area contributed by atoms with E-state index in [2.05, 4.69) is 0 Å². The Bertz CT molecular complexity index is 480. The molecule has 1 aromatic carbocycles. The first-order valence-corrected chi connectivity index (χ1v) is 7.08. The first-order chi connectivity index (χ1) is 9.54. The van der Waals surface area contributed by atoms with Crippen molar-refractivity contribution in [3.8, 4) is 0 Å². The summed E-state index contributed by atoms with van der Waals surface area (Å²) < 4.78 is 4.86. The van der Waals surface area contributed by atoms with Crippen LogP contribution >= 0.6 is 11.6 Å². The van der Waals surface area contributed by atoms with Crippen LogP contribution in [0, 0.1) is 5.92 Å². The summed E-state index contributed by atoms with van der Waals surface area (Å²) in [6.07, 6.45) is 0.180. The lowest BCUT2D eigenvalue weighted by Crippen LogP contribution is -2.37. The second kappa shape index (κ2) is 6.57. The minimum Gasteiger partial charge on any atom is -0.389 e. The number of ether oxygens (including phenoxy) is 1. The molecule has 1 amide bonds. The number of hydrogen-bond donors (Lipinski definition) is 1. The molecule has 5 heteroatoms. The molecule has 1 aromatic rings. The van der Waals surface area contributed by atoms with E-state index in [1.165, 1.54) is 7.11 Å². The van der Waals surface area contributed by atoms with E-state index in [1.807, 2.05) is 24.3 Å². The van der Waals surface area contributed by atoms with Gasteiger partial charge in [-0.15, -0.1) is 0 Å². The monoisotopic (exact) mass is 297 g/mol. The van der Waals surface area contributed by atoms with Crippen LogP contribution in [-0.2, 0) is 9.53 Å². The van der Waals surface area contributed by atoms with Gasteiger partial charge in [-0.3, -0.25) is 4.79 Å². The Hall–Kier alpha value is -1.10. The molecule has 4 nitrogen and oxygen atoms in total. The highest BCUT2D eigenvalue weighted by Gasteiger charge is 2.46. The van der Waals surface area contributed by atoms with Crippen LogP contribution in [0.1, 0.15) is 17.9 Å². The number of hydrogen-bond acceptors (Lipinski definition) is 3. The fourth-order valence-corrected chi connectivity index (χ4v) is 2.80. The van der Waals surface area contributed by atoms with Gasteiger partial charge in [0.2, 0.25) is 5.91 Å². The molecule has 110 valence electrons. The summed E-state index contributed by atoms with van der Waals surface area (Å²) in [5, 5.41) is 10.4. The van der Waals surface area contributed by atoms with Crippen molar-refractivity contribution >= 4 is 17.5 Å². The zero-order valence-corrected chi connectivity index (χ0v) is 12.5. The zero-order valence-electron chi connectivity index (χ0n) is 11.8. The molecular weight excluding hydrogens is 278 g/mol. The van der Waals surface area contributed by atoms with Crippen molar-refractivity contribution in [1.29, 1.82) is 0 Å². The molecule has 0 aliphatic heterocycles. The van der Waals surface area contributed by atoms with Crippen molar-refractivity contribution in [2.75, 3.05) is 27.3 Å². The van der Waals surface area contributed by atoms with Gasteiger partial charge in [-0.2, -0.15) is 0 Å². The Balaban J connectivity index is 1.91. The van der Waals surface area contributed by atoms with Crippen molar-refractivity contribution in [3.63, 3.8) is 0 Å². The first kappa shape index (κ1) is 15.3. The van der Waals surface area contributed by atoms with Crippen LogP contribution in [0.15, 0.2) is 24.3 Å². The van der Waals surface area contributed by atoms with E-state index >= 15 is 0 Å². The Morgan fingerprint density at radius 3 is 2.90 bits per heavy atom. The fraction of sp³-hybridized carbons (Fsp3) is 0.533. The van der Waals surface area contributed by atoms with E-state index in [4.69, 9.17) is 16.3 Å². The number of benzene rings is 1. The lowest BCUT2D eigenvalue weighted by Gasteiger charge is -2.20. The Kier molecular flexibility index (Phi) is 5.02. The topological polar surface area (TPSA) is 49.8 Å². The maximum Gasteiger partial charge on any atom is 0.226 e. The van der Waals surface area contributed by atoms with Crippen LogP contribution in [0.2, 0.25) is 5.02 Å². The van der Waals surface area contributed by atoms with Gasteiger partial charge in [-0.25, -0.2) is 0 Å². The van der Waals surface area contributed by atoms with Gasteiger partial charge in [0.25, 0.3) is 0 Å². The molecule has 1 aliphatic carbocycles. The van der Waals surface area contributed by atoms with E-state index in [0.29, 0.717) is 6.54 Å². The summed E-state index contributed by atoms with van der Waals surface area (Å²) >= 11 is 6.15. The molecule has 0 radical (unpaired) electrons. The molecule has 0 heterocycles. The van der Waals surface area contributed by atoms with Crippen LogP contribution < -0.4 is 0 Å². The van der Waals surface area contributed by atoms with Gasteiger partial charge in [0.15, 0.2) is 0 Å². The summed E-state index contributed by atoms with van der Waals surface area (Å²) in [6, 6.07) is 7.65. The number of amides is 1. The molecule has 2 rings (SSSR count). The van der Waals surface area contributed by atoms with Gasteiger partial charge in [0.1, 0.15) is 0 Å². The zero-order chi connectivity index (χ0) is 14.7. The minimum atomic E-state index is -0.647. The summed E-state index contributed by atoms with van der Waals surface area (Å²) in [5.74, 6) is 0.248. The molecule has 0 saturated heterocycles. The average molecular weight is 298 g/mol. The van der Waals surface area contributed by atoms with Gasteiger partial charge in [-0.05, 0) is 24.0 Å². The number of rotatable bonds is 6. The van der Waals surface area contributed by atoms with E-state index in [1.54, 1.807) is 11.9 Å². The molecule has 0 aromatic heterocycles. The highest BCUT2D eigenvalue weighted by atomic mass is 35.5. The summed E-state index contributed by atoms with van der Waals surface area (Å²) in [4.78, 5) is 13.8. The standard InChI is InChI=1S/C15H20ClNO3/c1-17(8-10(18)9-20-2)15(19)13-7-12(13)11-5-3-4-6-14(11)16/h3-6,10,12-13,18H,7-9H2,1-2H3. The number of aliphatic hydroxyl groups excluding tert-OH is 1. The number of carbonyl (C=O) groups is 1. The Morgan fingerprint density at radius 2 is 2.25 bits per heavy atom. The van der Waals surface area contributed by atoms with Crippen molar-refractivity contribution in [2.24, 2.45) is 5.92 Å². The number of nitrogens with zero attached hydrogens (tertiary/aromatic N) is 1. The van der Waals surface area contributed by atoms with E-state index in [9.17, 15) is 9.90 Å². The number of halogens is 1. The maximum absolute atomic E-state index is 12.3. The van der Waals surface area contributed by atoms with Gasteiger partial charge in [-0.1, -0.05) is 29.8 Å². The predicted molar refractivity (Wildman–Crippen MR) is 77.8 cm³/mol. The van der Waals surface area contributed by atoms with E-state index in [0.717, 1.165) is 17.0 Å². The van der Waals surface area contributed by atoms with Crippen LogP contribution in [0.4, 0.5) is 0 Å². The van der Waals surface area contributed by atoms with E-state index < -0.39 is 6.10 Å². The first-order valence-electron chi connectivity index (χ1n) is 6.71. The van der Waals surface area contributed by atoms with Gasteiger partial charge in [0, 0.05) is 31.6 Å². The molecule has 1 aliphatic rings. The van der Waals surface area contributed by atoms with Gasteiger partial charge in [0.05, 0.1) is 12.7 Å². The quantitative estimate of drug-likeness (QED) is 0.872. The average Bonchev–Trinajstić information content (AvgIpc) is 3.18. The molecule has 1 fully saturated rings. The molecule has 3 unspecified atom stereocenters. The molecule has 0 bridgehead atoms. The molecule has 1 N–H and O–H groups in total. The van der Waals surface area contributed by atoms with Crippen LogP contribution in [0.3, 0.4) is 0 Å².